The second-order valence-electron chi connectivity index (χ2n) is 4.54. The number of hydrogen-bond acceptors (Lipinski definition) is 3. The Morgan fingerprint density at radius 1 is 1.24 bits per heavy atom. The van der Waals surface area contributed by atoms with Crippen LogP contribution in [0.15, 0.2) is 23.4 Å². The minimum atomic E-state index is -0.710. The Labute approximate surface area is 100 Å². The Morgan fingerprint density at radius 3 is 2.59 bits per heavy atom. The van der Waals surface area contributed by atoms with E-state index < -0.39 is 5.91 Å². The molecular weight excluding hydrogens is 216 g/mol. The van der Waals surface area contributed by atoms with Crippen LogP contribution in [0.2, 0.25) is 0 Å². The molecule has 1 aromatic rings. The van der Waals surface area contributed by atoms with E-state index in [1.54, 1.807) is 18.2 Å². The lowest BCUT2D eigenvalue weighted by molar-refractivity contribution is 0.0999. The van der Waals surface area contributed by atoms with Crippen LogP contribution in [0.5, 0.6) is 0 Å². The zero-order valence-corrected chi connectivity index (χ0v) is 9.69. The molecular formula is C13H16N2O2. The van der Waals surface area contributed by atoms with Gasteiger partial charge >= 0.3 is 5.91 Å². The molecule has 1 fully saturated rings. The van der Waals surface area contributed by atoms with Crippen molar-refractivity contribution >= 4 is 11.6 Å². The van der Waals surface area contributed by atoms with E-state index in [9.17, 15) is 9.70 Å². The molecule has 1 aliphatic carbocycles. The van der Waals surface area contributed by atoms with Crippen LogP contribution in [-0.2, 0) is 0 Å². The Hall–Kier alpha value is -1.71. The zero-order chi connectivity index (χ0) is 12.3. The fraction of sp³-hybridized carbons (Fsp3) is 0.462. The minimum absolute atomic E-state index is 0.297. The van der Waals surface area contributed by atoms with E-state index in [0.717, 1.165) is 31.2 Å². The molecule has 0 radical (unpaired) electrons. The normalized spacial score (nSPS) is 16.7. The van der Waals surface area contributed by atoms with Crippen molar-refractivity contribution in [1.82, 2.24) is 0 Å². The number of carbonyl (C=O) groups excluding carboxylic acids is 1. The highest BCUT2D eigenvalue weighted by molar-refractivity contribution is 5.97. The third-order valence-electron chi connectivity index (χ3n) is 3.47. The van der Waals surface area contributed by atoms with Crippen LogP contribution in [0.4, 0.5) is 5.69 Å². The predicted octanol–water partition coefficient (Wildman–Crippen LogP) is 3.22. The van der Waals surface area contributed by atoms with Crippen LogP contribution in [0.1, 0.15) is 53.9 Å². The lowest BCUT2D eigenvalue weighted by Gasteiger charge is -2.24. The summed E-state index contributed by atoms with van der Waals surface area (Å²) in [5.41, 5.74) is 7.76. The second-order valence-corrected chi connectivity index (χ2v) is 4.54. The van der Waals surface area contributed by atoms with Crippen LogP contribution in [0.25, 0.3) is 0 Å². The van der Waals surface area contributed by atoms with Gasteiger partial charge in [-0.05, 0) is 36.5 Å². The number of nitrogen functional groups attached to an aromatic ring is 1. The maximum Gasteiger partial charge on any atom is 0.317 e. The average molecular weight is 232 g/mol. The maximum atomic E-state index is 11.5. The molecule has 4 nitrogen and oxygen atoms in total. The molecule has 1 saturated carbocycles. The lowest BCUT2D eigenvalue weighted by Crippen LogP contribution is -2.12. The second kappa shape index (κ2) is 5.08. The van der Waals surface area contributed by atoms with Crippen molar-refractivity contribution in [2.45, 2.75) is 38.0 Å². The Kier molecular flexibility index (Phi) is 3.52. The van der Waals surface area contributed by atoms with Crippen LogP contribution < -0.4 is 5.73 Å². The van der Waals surface area contributed by atoms with Gasteiger partial charge in [0.25, 0.3) is 0 Å². The number of nitroso groups, excluding NO2 is 1. The minimum Gasteiger partial charge on any atom is -0.398 e. The molecule has 0 atom stereocenters. The first-order valence-corrected chi connectivity index (χ1v) is 6.00. The third kappa shape index (κ3) is 2.35. The number of benzene rings is 1. The molecule has 2 N–H and O–H groups in total. The highest BCUT2D eigenvalue weighted by Gasteiger charge is 2.23. The first kappa shape index (κ1) is 11.8. The van der Waals surface area contributed by atoms with E-state index in [1.807, 2.05) is 0 Å². The van der Waals surface area contributed by atoms with Crippen molar-refractivity contribution in [3.63, 3.8) is 0 Å². The van der Waals surface area contributed by atoms with Gasteiger partial charge in [0.2, 0.25) is 0 Å². The number of anilines is 1. The molecule has 1 aliphatic rings. The topological polar surface area (TPSA) is 72.5 Å². The van der Waals surface area contributed by atoms with E-state index in [2.05, 4.69) is 5.18 Å². The number of hydrogen-bond donors (Lipinski definition) is 1. The average Bonchev–Trinajstić information content (AvgIpc) is 2.38. The standard InChI is InChI=1S/C13H16N2O2/c14-11-8-4-7-10(13(16)15-17)12(11)9-5-2-1-3-6-9/h4,7-9H,1-3,5-6,14H2. The van der Waals surface area contributed by atoms with Gasteiger partial charge in [-0.2, -0.15) is 0 Å². The summed E-state index contributed by atoms with van der Waals surface area (Å²) in [5.74, 6) is -0.413. The highest BCUT2D eigenvalue weighted by Crippen LogP contribution is 2.37. The summed E-state index contributed by atoms with van der Waals surface area (Å²) in [6.45, 7) is 0. The van der Waals surface area contributed by atoms with Crippen LogP contribution in [0.3, 0.4) is 0 Å². The quantitative estimate of drug-likeness (QED) is 0.628. The summed E-state index contributed by atoms with van der Waals surface area (Å²) >= 11 is 0. The number of nitrogens with zero attached hydrogens (tertiary/aromatic N) is 1. The van der Waals surface area contributed by atoms with Crippen LogP contribution in [-0.4, -0.2) is 5.91 Å². The SMILES string of the molecule is Nc1cccc(C(=O)N=O)c1C1CCCCC1. The van der Waals surface area contributed by atoms with Gasteiger partial charge in [0.1, 0.15) is 0 Å². The summed E-state index contributed by atoms with van der Waals surface area (Å²) in [5, 5.41) is 2.51. The molecule has 0 heterocycles. The van der Waals surface area contributed by atoms with Crippen LogP contribution in [0, 0.1) is 4.91 Å². The highest BCUT2D eigenvalue weighted by atomic mass is 16.3. The molecule has 0 saturated heterocycles. The maximum absolute atomic E-state index is 11.5. The summed E-state index contributed by atoms with van der Waals surface area (Å²) in [4.78, 5) is 21.9. The van der Waals surface area contributed by atoms with Crippen LogP contribution >= 0.6 is 0 Å². The van der Waals surface area contributed by atoms with Crippen molar-refractivity contribution in [1.29, 1.82) is 0 Å². The molecule has 1 aromatic carbocycles. The first-order valence-electron chi connectivity index (χ1n) is 6.00. The van der Waals surface area contributed by atoms with E-state index in [1.165, 1.54) is 6.42 Å². The predicted molar refractivity (Wildman–Crippen MR) is 66.8 cm³/mol. The first-order chi connectivity index (χ1) is 8.24. The Balaban J connectivity index is 2.42. The summed E-state index contributed by atoms with van der Waals surface area (Å²) in [6.07, 6.45) is 5.61. The number of carbonyl (C=O) groups is 1. The van der Waals surface area contributed by atoms with Gasteiger partial charge in [-0.25, -0.2) is 0 Å². The molecule has 0 aliphatic heterocycles. The van der Waals surface area contributed by atoms with Crippen molar-refractivity contribution in [3.05, 3.63) is 34.2 Å². The Morgan fingerprint density at radius 2 is 1.94 bits per heavy atom. The van der Waals surface area contributed by atoms with E-state index in [4.69, 9.17) is 5.73 Å². The van der Waals surface area contributed by atoms with E-state index in [-0.39, 0.29) is 0 Å². The summed E-state index contributed by atoms with van der Waals surface area (Å²) in [7, 11) is 0. The number of amides is 1. The molecule has 4 heteroatoms. The lowest BCUT2D eigenvalue weighted by atomic mass is 9.81. The molecule has 2 rings (SSSR count). The fourth-order valence-electron chi connectivity index (χ4n) is 2.67. The van der Waals surface area contributed by atoms with Crippen molar-refractivity contribution in [3.8, 4) is 0 Å². The molecule has 0 unspecified atom stereocenters. The molecule has 17 heavy (non-hydrogen) atoms. The van der Waals surface area contributed by atoms with Gasteiger partial charge in [-0.3, -0.25) is 4.79 Å². The van der Waals surface area contributed by atoms with Crippen molar-refractivity contribution in [2.75, 3.05) is 5.73 Å². The van der Waals surface area contributed by atoms with Gasteiger partial charge in [-0.1, -0.05) is 25.3 Å². The monoisotopic (exact) mass is 232 g/mol. The van der Waals surface area contributed by atoms with Crippen molar-refractivity contribution < 1.29 is 4.79 Å². The van der Waals surface area contributed by atoms with E-state index >= 15 is 0 Å². The van der Waals surface area contributed by atoms with E-state index in [0.29, 0.717) is 17.2 Å². The van der Waals surface area contributed by atoms with Gasteiger partial charge in [0, 0.05) is 10.9 Å². The van der Waals surface area contributed by atoms with Gasteiger partial charge in [-0.15, -0.1) is 4.91 Å². The molecule has 0 spiro atoms. The van der Waals surface area contributed by atoms with Gasteiger partial charge in [0.05, 0.1) is 5.56 Å². The summed E-state index contributed by atoms with van der Waals surface area (Å²) in [6, 6.07) is 5.12. The number of rotatable bonds is 2. The zero-order valence-electron chi connectivity index (χ0n) is 9.69. The largest absolute Gasteiger partial charge is 0.398 e. The summed E-state index contributed by atoms with van der Waals surface area (Å²) < 4.78 is 0. The Bertz CT molecular complexity index is 437. The third-order valence-corrected chi connectivity index (χ3v) is 3.47. The fourth-order valence-corrected chi connectivity index (χ4v) is 2.67. The van der Waals surface area contributed by atoms with Gasteiger partial charge < -0.3 is 5.73 Å². The molecule has 90 valence electrons. The molecule has 0 bridgehead atoms. The van der Waals surface area contributed by atoms with Gasteiger partial charge in [0.15, 0.2) is 0 Å². The number of nitrogens with two attached hydrogens (primary N) is 1. The smallest absolute Gasteiger partial charge is 0.317 e. The van der Waals surface area contributed by atoms with Crippen molar-refractivity contribution in [2.24, 2.45) is 5.18 Å². The molecule has 0 aromatic heterocycles. The molecule has 1 amide bonds.